The van der Waals surface area contributed by atoms with Crippen molar-refractivity contribution in [3.63, 3.8) is 0 Å². The minimum absolute atomic E-state index is 0.332. The van der Waals surface area contributed by atoms with Gasteiger partial charge in [0.1, 0.15) is 11.5 Å². The summed E-state index contributed by atoms with van der Waals surface area (Å²) in [5.74, 6) is 1.92. The number of ether oxygens (including phenoxy) is 2. The van der Waals surface area contributed by atoms with Crippen LogP contribution >= 0.6 is 0 Å². The molecule has 3 nitrogen and oxygen atoms in total. The van der Waals surface area contributed by atoms with Crippen LogP contribution in [0.1, 0.15) is 24.1 Å². The zero-order valence-electron chi connectivity index (χ0n) is 9.46. The maximum absolute atomic E-state index is 5.39. The number of methoxy groups -OCH3 is 2. The van der Waals surface area contributed by atoms with Crippen LogP contribution in [0.15, 0.2) is 12.1 Å². The summed E-state index contributed by atoms with van der Waals surface area (Å²) >= 11 is 0. The van der Waals surface area contributed by atoms with Crippen molar-refractivity contribution in [2.45, 2.75) is 19.4 Å². The number of hydrogen-bond donors (Lipinski definition) is 1. The van der Waals surface area contributed by atoms with E-state index in [1.54, 1.807) is 14.2 Å². The fraction of sp³-hybridized carbons (Fsp3) is 0.500. The van der Waals surface area contributed by atoms with Gasteiger partial charge in [-0.3, -0.25) is 0 Å². The fourth-order valence-electron chi connectivity index (χ4n) is 2.24. The summed E-state index contributed by atoms with van der Waals surface area (Å²) < 4.78 is 10.8. The van der Waals surface area contributed by atoms with E-state index in [9.17, 15) is 0 Å². The van der Waals surface area contributed by atoms with E-state index in [-0.39, 0.29) is 0 Å². The lowest BCUT2D eigenvalue weighted by Gasteiger charge is -2.27. The lowest BCUT2D eigenvalue weighted by Crippen LogP contribution is -2.28. The van der Waals surface area contributed by atoms with Gasteiger partial charge in [-0.05, 0) is 32.0 Å². The molecule has 0 aliphatic carbocycles. The number of fused-ring (bicyclic) bond motifs is 1. The van der Waals surface area contributed by atoms with Gasteiger partial charge in [-0.15, -0.1) is 0 Å². The van der Waals surface area contributed by atoms with Crippen molar-refractivity contribution in [2.75, 3.05) is 20.8 Å². The van der Waals surface area contributed by atoms with Gasteiger partial charge in [-0.1, -0.05) is 0 Å². The molecule has 1 N–H and O–H groups in total. The molecule has 82 valence electrons. The molecular weight excluding hydrogens is 190 g/mol. The molecule has 15 heavy (non-hydrogen) atoms. The van der Waals surface area contributed by atoms with Crippen LogP contribution < -0.4 is 14.8 Å². The summed E-state index contributed by atoms with van der Waals surface area (Å²) in [5, 5.41) is 3.43. The Balaban J connectivity index is 2.56. The Bertz CT molecular complexity index is 363. The summed E-state index contributed by atoms with van der Waals surface area (Å²) in [4.78, 5) is 0. The molecule has 1 aliphatic rings. The van der Waals surface area contributed by atoms with Crippen LogP contribution in [0.25, 0.3) is 0 Å². The second-order valence-electron chi connectivity index (χ2n) is 3.79. The van der Waals surface area contributed by atoms with Gasteiger partial charge in [-0.2, -0.15) is 0 Å². The maximum atomic E-state index is 5.39. The van der Waals surface area contributed by atoms with Gasteiger partial charge in [0.15, 0.2) is 0 Å². The van der Waals surface area contributed by atoms with Gasteiger partial charge in [0.25, 0.3) is 0 Å². The van der Waals surface area contributed by atoms with Gasteiger partial charge >= 0.3 is 0 Å². The van der Waals surface area contributed by atoms with Crippen molar-refractivity contribution in [2.24, 2.45) is 0 Å². The first kappa shape index (κ1) is 10.3. The topological polar surface area (TPSA) is 30.5 Å². The standard InChI is InChI=1S/C12H17NO2/c1-8-12-9(6-7-13-8)10(14-2)4-5-11(12)15-3/h4-5,8,13H,6-7H2,1-3H3. The zero-order chi connectivity index (χ0) is 10.8. The molecule has 1 aliphatic heterocycles. The van der Waals surface area contributed by atoms with E-state index in [2.05, 4.69) is 12.2 Å². The lowest BCUT2D eigenvalue weighted by molar-refractivity contribution is 0.379. The highest BCUT2D eigenvalue weighted by Gasteiger charge is 2.22. The Hall–Kier alpha value is -1.22. The fourth-order valence-corrected chi connectivity index (χ4v) is 2.24. The van der Waals surface area contributed by atoms with Gasteiger partial charge < -0.3 is 14.8 Å². The average molecular weight is 207 g/mol. The molecule has 0 bridgehead atoms. The van der Waals surface area contributed by atoms with Crippen molar-refractivity contribution in [3.8, 4) is 11.5 Å². The van der Waals surface area contributed by atoms with Gasteiger partial charge in [0, 0.05) is 17.2 Å². The summed E-state index contributed by atoms with van der Waals surface area (Å²) in [7, 11) is 3.43. The highest BCUT2D eigenvalue weighted by molar-refractivity contribution is 5.51. The number of rotatable bonds is 2. The van der Waals surface area contributed by atoms with Crippen molar-refractivity contribution in [3.05, 3.63) is 23.3 Å². The zero-order valence-corrected chi connectivity index (χ0v) is 9.46. The number of hydrogen-bond acceptors (Lipinski definition) is 3. The quantitative estimate of drug-likeness (QED) is 0.803. The van der Waals surface area contributed by atoms with Crippen molar-refractivity contribution in [1.29, 1.82) is 0 Å². The Morgan fingerprint density at radius 3 is 2.53 bits per heavy atom. The average Bonchev–Trinajstić information content (AvgIpc) is 2.28. The van der Waals surface area contributed by atoms with Crippen molar-refractivity contribution >= 4 is 0 Å². The Morgan fingerprint density at radius 2 is 1.87 bits per heavy atom. The Kier molecular flexibility index (Phi) is 2.82. The minimum Gasteiger partial charge on any atom is -0.496 e. The van der Waals surface area contributed by atoms with Gasteiger partial charge in [0.05, 0.1) is 14.2 Å². The third kappa shape index (κ3) is 1.67. The van der Waals surface area contributed by atoms with Gasteiger partial charge in [0.2, 0.25) is 0 Å². The van der Waals surface area contributed by atoms with E-state index < -0.39 is 0 Å². The van der Waals surface area contributed by atoms with Crippen LogP contribution in [-0.4, -0.2) is 20.8 Å². The van der Waals surface area contributed by atoms with Crippen LogP contribution in [0.4, 0.5) is 0 Å². The van der Waals surface area contributed by atoms with Crippen LogP contribution in [0.5, 0.6) is 11.5 Å². The Morgan fingerprint density at radius 1 is 1.20 bits per heavy atom. The smallest absolute Gasteiger partial charge is 0.124 e. The summed E-state index contributed by atoms with van der Waals surface area (Å²) in [6.07, 6.45) is 1.00. The molecule has 1 unspecified atom stereocenters. The van der Waals surface area contributed by atoms with E-state index in [4.69, 9.17) is 9.47 Å². The SMILES string of the molecule is COc1ccc(OC)c2c1CCNC2C. The molecule has 1 heterocycles. The number of benzene rings is 1. The predicted octanol–water partition coefficient (Wildman–Crippen LogP) is 1.91. The van der Waals surface area contributed by atoms with E-state index in [0.29, 0.717) is 6.04 Å². The highest BCUT2D eigenvalue weighted by Crippen LogP contribution is 2.37. The molecule has 3 heteroatoms. The highest BCUT2D eigenvalue weighted by atomic mass is 16.5. The molecule has 0 amide bonds. The Labute approximate surface area is 90.4 Å². The summed E-state index contributed by atoms with van der Waals surface area (Å²) in [5.41, 5.74) is 2.52. The summed E-state index contributed by atoms with van der Waals surface area (Å²) in [6, 6.07) is 4.29. The second-order valence-corrected chi connectivity index (χ2v) is 3.79. The molecule has 0 aromatic heterocycles. The molecule has 0 fully saturated rings. The summed E-state index contributed by atoms with van der Waals surface area (Å²) in [6.45, 7) is 3.15. The predicted molar refractivity (Wildman–Crippen MR) is 59.7 cm³/mol. The molecule has 0 saturated heterocycles. The van der Waals surface area contributed by atoms with Crippen LogP contribution in [0.3, 0.4) is 0 Å². The number of nitrogens with one attached hydrogen (secondary N) is 1. The van der Waals surface area contributed by atoms with E-state index in [1.165, 1.54) is 11.1 Å². The first-order chi connectivity index (χ1) is 7.27. The third-order valence-electron chi connectivity index (χ3n) is 2.97. The molecule has 2 rings (SSSR count). The first-order valence-corrected chi connectivity index (χ1v) is 5.25. The van der Waals surface area contributed by atoms with E-state index in [0.717, 1.165) is 24.5 Å². The van der Waals surface area contributed by atoms with Gasteiger partial charge in [-0.25, -0.2) is 0 Å². The monoisotopic (exact) mass is 207 g/mol. The van der Waals surface area contributed by atoms with E-state index >= 15 is 0 Å². The molecule has 1 atom stereocenters. The molecule has 1 aromatic carbocycles. The maximum Gasteiger partial charge on any atom is 0.124 e. The lowest BCUT2D eigenvalue weighted by atomic mass is 9.93. The van der Waals surface area contributed by atoms with Crippen LogP contribution in [-0.2, 0) is 6.42 Å². The van der Waals surface area contributed by atoms with Crippen molar-refractivity contribution in [1.82, 2.24) is 5.32 Å². The van der Waals surface area contributed by atoms with Crippen molar-refractivity contribution < 1.29 is 9.47 Å². The molecule has 1 aromatic rings. The molecular formula is C12H17NO2. The molecule has 0 radical (unpaired) electrons. The first-order valence-electron chi connectivity index (χ1n) is 5.25. The second kappa shape index (κ2) is 4.11. The normalized spacial score (nSPS) is 19.5. The van der Waals surface area contributed by atoms with E-state index in [1.807, 2.05) is 12.1 Å². The third-order valence-corrected chi connectivity index (χ3v) is 2.97. The minimum atomic E-state index is 0.332. The molecule has 0 spiro atoms. The van der Waals surface area contributed by atoms with Crippen LogP contribution in [0, 0.1) is 0 Å². The molecule has 0 saturated carbocycles. The largest absolute Gasteiger partial charge is 0.496 e. The van der Waals surface area contributed by atoms with Crippen LogP contribution in [0.2, 0.25) is 0 Å².